The number of hydrogen-bond acceptors (Lipinski definition) is 6. The van der Waals surface area contributed by atoms with Crippen LogP contribution in [0.5, 0.6) is 11.5 Å². The normalized spacial score (nSPS) is 10.9. The van der Waals surface area contributed by atoms with E-state index in [1.807, 2.05) is 51.3 Å². The van der Waals surface area contributed by atoms with Crippen LogP contribution in [0.2, 0.25) is 5.02 Å². The van der Waals surface area contributed by atoms with Gasteiger partial charge >= 0.3 is 0 Å². The van der Waals surface area contributed by atoms with Gasteiger partial charge in [0.25, 0.3) is 11.6 Å². The first-order valence-electron chi connectivity index (χ1n) is 10.7. The number of nitrogens with zero attached hydrogens (tertiary/aromatic N) is 3. The molecule has 0 radical (unpaired) electrons. The van der Waals surface area contributed by atoms with Crippen molar-refractivity contribution in [2.24, 2.45) is 0 Å². The molecule has 10 heteroatoms. The second-order valence-electron chi connectivity index (χ2n) is 8.31. The minimum atomic E-state index is -0.521. The number of non-ortho nitro benzene ring substituents is 1. The summed E-state index contributed by atoms with van der Waals surface area (Å²) in [6, 6.07) is 11.7. The summed E-state index contributed by atoms with van der Waals surface area (Å²) in [6.07, 6.45) is 0. The van der Waals surface area contributed by atoms with Crippen molar-refractivity contribution in [3.63, 3.8) is 0 Å². The minimum absolute atomic E-state index is 0.185. The van der Waals surface area contributed by atoms with Gasteiger partial charge < -0.3 is 10.1 Å². The fourth-order valence-corrected chi connectivity index (χ4v) is 4.65. The largest absolute Gasteiger partial charge is 0.457 e. The Morgan fingerprint density at radius 1 is 1.09 bits per heavy atom. The first kappa shape index (κ1) is 24.4. The third-order valence-corrected chi connectivity index (χ3v) is 6.82. The monoisotopic (exact) mass is 510 g/mol. The molecule has 0 saturated heterocycles. The second-order valence-corrected chi connectivity index (χ2v) is 9.60. The summed E-state index contributed by atoms with van der Waals surface area (Å²) < 4.78 is 7.67. The Bertz CT molecular complexity index is 1420. The second kappa shape index (κ2) is 9.89. The molecule has 2 aromatic heterocycles. The lowest BCUT2D eigenvalue weighted by Gasteiger charge is -2.10. The highest BCUT2D eigenvalue weighted by Gasteiger charge is 2.16. The van der Waals surface area contributed by atoms with Crippen molar-refractivity contribution in [1.29, 1.82) is 0 Å². The first-order valence-corrected chi connectivity index (χ1v) is 12.0. The summed E-state index contributed by atoms with van der Waals surface area (Å²) in [5, 5.41) is 21.1. The van der Waals surface area contributed by atoms with Crippen LogP contribution < -0.4 is 10.1 Å². The number of halogens is 1. The van der Waals surface area contributed by atoms with Crippen LogP contribution in [0.3, 0.4) is 0 Å². The Morgan fingerprint density at radius 2 is 1.77 bits per heavy atom. The van der Waals surface area contributed by atoms with Crippen molar-refractivity contribution >= 4 is 40.2 Å². The predicted octanol–water partition coefficient (Wildman–Crippen LogP) is 6.83. The number of thiophene rings is 1. The molecular formula is C25H23ClN4O4S. The lowest BCUT2D eigenvalue weighted by atomic mass is 10.1. The van der Waals surface area contributed by atoms with Gasteiger partial charge in [-0.3, -0.25) is 19.6 Å². The van der Waals surface area contributed by atoms with Crippen molar-refractivity contribution in [1.82, 2.24) is 9.78 Å². The molecule has 0 bridgehead atoms. The van der Waals surface area contributed by atoms with E-state index in [4.69, 9.17) is 16.3 Å². The van der Waals surface area contributed by atoms with Crippen LogP contribution in [-0.4, -0.2) is 20.6 Å². The first-order chi connectivity index (χ1) is 16.6. The molecule has 0 spiro atoms. The topological polar surface area (TPSA) is 99.3 Å². The Labute approximate surface area is 211 Å². The van der Waals surface area contributed by atoms with Gasteiger partial charge in [-0.05, 0) is 68.0 Å². The van der Waals surface area contributed by atoms with Crippen LogP contribution in [0.15, 0.2) is 47.8 Å². The molecule has 0 saturated carbocycles. The van der Waals surface area contributed by atoms with Gasteiger partial charge in [0.2, 0.25) is 0 Å². The number of nitro benzene ring substituents is 1. The number of amides is 1. The van der Waals surface area contributed by atoms with Crippen LogP contribution in [0.25, 0.3) is 0 Å². The molecule has 8 nitrogen and oxygen atoms in total. The summed E-state index contributed by atoms with van der Waals surface area (Å²) >= 11 is 7.50. The third kappa shape index (κ3) is 5.70. The van der Waals surface area contributed by atoms with Gasteiger partial charge in [0.05, 0.1) is 44.5 Å². The van der Waals surface area contributed by atoms with Gasteiger partial charge in [-0.25, -0.2) is 0 Å². The number of aryl methyl sites for hydroxylation is 3. The number of nitrogens with one attached hydrogen (secondary N) is 1. The highest BCUT2D eigenvalue weighted by Crippen LogP contribution is 2.31. The molecule has 1 N–H and O–H groups in total. The molecule has 1 amide bonds. The van der Waals surface area contributed by atoms with Gasteiger partial charge in [0.1, 0.15) is 11.5 Å². The van der Waals surface area contributed by atoms with Crippen molar-refractivity contribution in [3.8, 4) is 11.5 Å². The number of benzene rings is 2. The third-order valence-electron chi connectivity index (χ3n) is 5.29. The molecule has 0 aliphatic carbocycles. The maximum absolute atomic E-state index is 12.9. The average Bonchev–Trinajstić information content (AvgIpc) is 3.33. The van der Waals surface area contributed by atoms with Gasteiger partial charge in [-0.1, -0.05) is 17.7 Å². The SMILES string of the molecule is Cc1cc(C)cc(Oc2cc(NC(=O)c3cc(Cn4nc(C)c(Cl)c4C)cs3)cc([N+](=O)[O-])c2)c1. The molecule has 180 valence electrons. The molecule has 2 aromatic carbocycles. The number of ether oxygens (including phenoxy) is 1. The van der Waals surface area contributed by atoms with Gasteiger partial charge in [0, 0.05) is 12.1 Å². The Kier molecular flexibility index (Phi) is 6.90. The highest BCUT2D eigenvalue weighted by atomic mass is 35.5. The number of nitro groups is 1. The zero-order chi connectivity index (χ0) is 25.3. The van der Waals surface area contributed by atoms with E-state index >= 15 is 0 Å². The Hall–Kier alpha value is -3.69. The van der Waals surface area contributed by atoms with Crippen LogP contribution in [-0.2, 0) is 6.54 Å². The van der Waals surface area contributed by atoms with Crippen molar-refractivity contribution < 1.29 is 14.5 Å². The molecule has 4 aromatic rings. The van der Waals surface area contributed by atoms with Gasteiger partial charge in [-0.15, -0.1) is 11.3 Å². The van der Waals surface area contributed by atoms with Crippen LogP contribution in [0.4, 0.5) is 11.4 Å². The van der Waals surface area contributed by atoms with E-state index in [-0.39, 0.29) is 23.0 Å². The van der Waals surface area contributed by atoms with Gasteiger partial charge in [0.15, 0.2) is 0 Å². The highest BCUT2D eigenvalue weighted by molar-refractivity contribution is 7.12. The van der Waals surface area contributed by atoms with Crippen molar-refractivity contribution in [3.05, 3.63) is 95.9 Å². The zero-order valence-corrected chi connectivity index (χ0v) is 21.2. The van der Waals surface area contributed by atoms with E-state index in [9.17, 15) is 14.9 Å². The fraction of sp³-hybridized carbons (Fsp3) is 0.200. The number of anilines is 1. The fourth-order valence-electron chi connectivity index (χ4n) is 3.72. The molecule has 0 aliphatic heterocycles. The summed E-state index contributed by atoms with van der Waals surface area (Å²) in [6.45, 7) is 8.10. The molecular weight excluding hydrogens is 488 g/mol. The van der Waals surface area contributed by atoms with Gasteiger partial charge in [-0.2, -0.15) is 5.10 Å². The summed E-state index contributed by atoms with van der Waals surface area (Å²) in [5.41, 5.74) is 4.61. The van der Waals surface area contributed by atoms with E-state index in [2.05, 4.69) is 10.4 Å². The quantitative estimate of drug-likeness (QED) is 0.217. The summed E-state index contributed by atoms with van der Waals surface area (Å²) in [5.74, 6) is 0.450. The number of carbonyl (C=O) groups is 1. The number of rotatable bonds is 7. The standard InChI is InChI=1S/C25H23ClN4O4S/c1-14-5-15(2)7-21(6-14)34-22-10-19(9-20(11-22)30(32)33)27-25(31)23-8-18(13-35-23)12-29-17(4)24(26)16(3)28-29/h5-11,13H,12H2,1-4H3,(H,27,31). The maximum atomic E-state index is 12.9. The predicted molar refractivity (Wildman–Crippen MR) is 137 cm³/mol. The van der Waals surface area contributed by atoms with E-state index in [0.29, 0.717) is 22.2 Å². The molecule has 0 atom stereocenters. The summed E-state index contributed by atoms with van der Waals surface area (Å²) in [7, 11) is 0. The molecule has 4 rings (SSSR count). The van der Waals surface area contributed by atoms with Crippen LogP contribution in [0, 0.1) is 37.8 Å². The zero-order valence-electron chi connectivity index (χ0n) is 19.6. The number of carbonyl (C=O) groups excluding carboxylic acids is 1. The Balaban J connectivity index is 1.53. The van der Waals surface area contributed by atoms with E-state index < -0.39 is 4.92 Å². The maximum Gasteiger partial charge on any atom is 0.275 e. The van der Waals surface area contributed by atoms with E-state index in [0.717, 1.165) is 28.1 Å². The lowest BCUT2D eigenvalue weighted by molar-refractivity contribution is -0.384. The molecule has 0 aliphatic rings. The van der Waals surface area contributed by atoms with E-state index in [1.54, 1.807) is 16.8 Å². The number of hydrogen-bond donors (Lipinski definition) is 1. The summed E-state index contributed by atoms with van der Waals surface area (Å²) in [4.78, 5) is 24.3. The van der Waals surface area contributed by atoms with Crippen LogP contribution in [0.1, 0.15) is 37.7 Å². The molecule has 0 unspecified atom stereocenters. The van der Waals surface area contributed by atoms with Crippen molar-refractivity contribution in [2.75, 3.05) is 5.32 Å². The lowest BCUT2D eigenvalue weighted by Crippen LogP contribution is -2.10. The Morgan fingerprint density at radius 3 is 2.40 bits per heavy atom. The molecule has 0 fully saturated rings. The number of aromatic nitrogens is 2. The van der Waals surface area contributed by atoms with Crippen LogP contribution >= 0.6 is 22.9 Å². The van der Waals surface area contributed by atoms with E-state index in [1.165, 1.54) is 23.5 Å². The molecule has 2 heterocycles. The molecule has 35 heavy (non-hydrogen) atoms. The van der Waals surface area contributed by atoms with Crippen molar-refractivity contribution in [2.45, 2.75) is 34.2 Å². The minimum Gasteiger partial charge on any atom is -0.457 e. The average molecular weight is 511 g/mol. The smallest absolute Gasteiger partial charge is 0.275 e.